The summed E-state index contributed by atoms with van der Waals surface area (Å²) >= 11 is 0. The maximum atomic E-state index is 13.3. The number of unbranched alkanes of at least 4 members (excludes halogenated alkanes) is 1. The van der Waals surface area contributed by atoms with Crippen LogP contribution in [-0.4, -0.2) is 34.6 Å². The van der Waals surface area contributed by atoms with E-state index >= 15 is 0 Å². The average molecular weight is 542 g/mol. The Bertz CT molecular complexity index is 1320. The van der Waals surface area contributed by atoms with Crippen molar-refractivity contribution in [2.45, 2.75) is 83.3 Å². The van der Waals surface area contributed by atoms with E-state index in [1.165, 1.54) is 18.4 Å². The number of alkyl carbamates (subject to hydrolysis) is 1. The molecule has 2 aliphatic carbocycles. The van der Waals surface area contributed by atoms with E-state index in [-0.39, 0.29) is 18.6 Å². The van der Waals surface area contributed by atoms with E-state index in [0.717, 1.165) is 49.1 Å². The van der Waals surface area contributed by atoms with Gasteiger partial charge in [0.15, 0.2) is 0 Å². The van der Waals surface area contributed by atoms with Gasteiger partial charge in [-0.05, 0) is 88.1 Å². The monoisotopic (exact) mass is 541 g/mol. The van der Waals surface area contributed by atoms with Gasteiger partial charge in [0.2, 0.25) is 0 Å². The number of rotatable bonds is 13. The van der Waals surface area contributed by atoms with E-state index in [9.17, 15) is 9.59 Å². The standard InChI is InChI=1S/C32H39N5O3/c1-21-11-18-28(36-29(21)25-14-15-25)37-31(38)26-16-17-27(24-12-13-24)35-30(26)33-19-7-6-8-22(2)34-32(39)40-20-23-9-4-3-5-10-23/h3-5,9-11,16-18,22,24-25H,6-8,12-15,19-20H2,1-2H3,(H,33,35)(H,34,39)(H,36,37,38). The first-order valence-electron chi connectivity index (χ1n) is 14.5. The van der Waals surface area contributed by atoms with Crippen molar-refractivity contribution in [2.75, 3.05) is 17.2 Å². The Morgan fingerprint density at radius 1 is 0.950 bits per heavy atom. The molecule has 8 heteroatoms. The molecule has 2 amide bonds. The first-order chi connectivity index (χ1) is 19.5. The molecule has 0 aliphatic heterocycles. The van der Waals surface area contributed by atoms with Gasteiger partial charge in [0.25, 0.3) is 5.91 Å². The molecule has 40 heavy (non-hydrogen) atoms. The van der Waals surface area contributed by atoms with E-state index in [4.69, 9.17) is 14.7 Å². The van der Waals surface area contributed by atoms with Gasteiger partial charge < -0.3 is 20.7 Å². The number of anilines is 2. The third-order valence-corrected chi connectivity index (χ3v) is 7.43. The van der Waals surface area contributed by atoms with E-state index in [0.29, 0.717) is 35.6 Å². The predicted octanol–water partition coefficient (Wildman–Crippen LogP) is 6.69. The van der Waals surface area contributed by atoms with Crippen molar-refractivity contribution in [1.82, 2.24) is 15.3 Å². The number of aryl methyl sites for hydroxylation is 1. The molecule has 0 radical (unpaired) electrons. The minimum atomic E-state index is -0.404. The zero-order chi connectivity index (χ0) is 27.9. The van der Waals surface area contributed by atoms with Crippen LogP contribution >= 0.6 is 0 Å². The molecule has 5 rings (SSSR count). The fraction of sp³-hybridized carbons (Fsp3) is 0.438. The van der Waals surface area contributed by atoms with E-state index in [2.05, 4.69) is 22.9 Å². The number of nitrogens with zero attached hydrogens (tertiary/aromatic N) is 2. The molecule has 3 N–H and O–H groups in total. The maximum Gasteiger partial charge on any atom is 0.407 e. The van der Waals surface area contributed by atoms with Crippen molar-refractivity contribution in [2.24, 2.45) is 0 Å². The number of hydrogen-bond acceptors (Lipinski definition) is 6. The van der Waals surface area contributed by atoms with Gasteiger partial charge in [-0.25, -0.2) is 14.8 Å². The van der Waals surface area contributed by atoms with Crippen LogP contribution in [0.1, 0.15) is 96.6 Å². The SMILES string of the molecule is Cc1ccc(NC(=O)c2ccc(C3CC3)nc2NCCCCC(C)NC(=O)OCc2ccccc2)nc1C1CC1. The van der Waals surface area contributed by atoms with Crippen LogP contribution in [0.2, 0.25) is 0 Å². The fourth-order valence-corrected chi connectivity index (χ4v) is 4.79. The fourth-order valence-electron chi connectivity index (χ4n) is 4.79. The second kappa shape index (κ2) is 12.9. The highest BCUT2D eigenvalue weighted by atomic mass is 16.5. The van der Waals surface area contributed by atoms with Crippen molar-refractivity contribution in [1.29, 1.82) is 0 Å². The number of aromatic nitrogens is 2. The summed E-state index contributed by atoms with van der Waals surface area (Å²) in [6.07, 6.45) is 6.84. The van der Waals surface area contributed by atoms with Gasteiger partial charge in [-0.1, -0.05) is 36.4 Å². The number of hydrogen-bond donors (Lipinski definition) is 3. The van der Waals surface area contributed by atoms with E-state index in [1.54, 1.807) is 0 Å². The summed E-state index contributed by atoms with van der Waals surface area (Å²) < 4.78 is 5.31. The molecule has 2 saturated carbocycles. The highest BCUT2D eigenvalue weighted by Crippen LogP contribution is 2.41. The van der Waals surface area contributed by atoms with Crippen LogP contribution in [0.3, 0.4) is 0 Å². The van der Waals surface area contributed by atoms with Gasteiger partial charge in [-0.15, -0.1) is 0 Å². The summed E-state index contributed by atoms with van der Waals surface area (Å²) in [5.41, 5.74) is 4.78. The highest BCUT2D eigenvalue weighted by molar-refractivity contribution is 6.07. The molecule has 210 valence electrons. The minimum absolute atomic E-state index is 0.00321. The summed E-state index contributed by atoms with van der Waals surface area (Å²) in [5.74, 6) is 2.01. The van der Waals surface area contributed by atoms with Gasteiger partial charge in [0.05, 0.1) is 5.56 Å². The Hall–Kier alpha value is -3.94. The second-order valence-electron chi connectivity index (χ2n) is 11.1. The average Bonchev–Trinajstić information content (AvgIpc) is 3.87. The Kier molecular flexibility index (Phi) is 8.94. The molecule has 2 aliphatic rings. The molecule has 1 atom stereocenters. The summed E-state index contributed by atoms with van der Waals surface area (Å²) in [6.45, 7) is 4.99. The quantitative estimate of drug-likeness (QED) is 0.208. The number of amides is 2. The number of benzene rings is 1. The molecule has 2 aromatic heterocycles. The number of nitrogens with one attached hydrogen (secondary N) is 3. The van der Waals surface area contributed by atoms with Crippen LogP contribution in [0.15, 0.2) is 54.6 Å². The van der Waals surface area contributed by atoms with Gasteiger partial charge in [-0.2, -0.15) is 0 Å². The maximum absolute atomic E-state index is 13.3. The lowest BCUT2D eigenvalue weighted by atomic mass is 10.1. The predicted molar refractivity (Wildman–Crippen MR) is 157 cm³/mol. The summed E-state index contributed by atoms with van der Waals surface area (Å²) in [4.78, 5) is 34.9. The topological polar surface area (TPSA) is 105 Å². The van der Waals surface area contributed by atoms with Crippen LogP contribution in [0.5, 0.6) is 0 Å². The van der Waals surface area contributed by atoms with Crippen molar-refractivity contribution in [3.05, 3.63) is 82.7 Å². The number of carbonyl (C=O) groups excluding carboxylic acids is 2. The third-order valence-electron chi connectivity index (χ3n) is 7.43. The summed E-state index contributed by atoms with van der Waals surface area (Å²) in [5, 5.41) is 9.29. The lowest BCUT2D eigenvalue weighted by Gasteiger charge is -2.15. The molecule has 0 spiro atoms. The van der Waals surface area contributed by atoms with Crippen LogP contribution in [0.25, 0.3) is 0 Å². The molecule has 0 saturated heterocycles. The van der Waals surface area contributed by atoms with Gasteiger partial charge >= 0.3 is 6.09 Å². The summed E-state index contributed by atoms with van der Waals surface area (Å²) in [7, 11) is 0. The Morgan fingerprint density at radius 2 is 1.73 bits per heavy atom. The van der Waals surface area contributed by atoms with Gasteiger partial charge in [0.1, 0.15) is 18.2 Å². The van der Waals surface area contributed by atoms with Crippen LogP contribution in [0.4, 0.5) is 16.4 Å². The Balaban J connectivity index is 1.10. The first-order valence-corrected chi connectivity index (χ1v) is 14.5. The van der Waals surface area contributed by atoms with Crippen LogP contribution in [0, 0.1) is 6.92 Å². The molecule has 3 aromatic rings. The summed E-state index contributed by atoms with van der Waals surface area (Å²) in [6, 6.07) is 17.4. The molecular weight excluding hydrogens is 502 g/mol. The Morgan fingerprint density at radius 3 is 2.48 bits per heavy atom. The molecule has 2 heterocycles. The molecule has 0 bridgehead atoms. The second-order valence-corrected chi connectivity index (χ2v) is 11.1. The lowest BCUT2D eigenvalue weighted by Crippen LogP contribution is -2.33. The number of ether oxygens (including phenoxy) is 1. The molecule has 1 unspecified atom stereocenters. The molecular formula is C32H39N5O3. The number of pyridine rings is 2. The third kappa shape index (κ3) is 7.81. The van der Waals surface area contributed by atoms with Crippen LogP contribution in [-0.2, 0) is 11.3 Å². The van der Waals surface area contributed by atoms with Gasteiger partial charge in [-0.3, -0.25) is 4.79 Å². The van der Waals surface area contributed by atoms with Gasteiger partial charge in [0, 0.05) is 35.8 Å². The minimum Gasteiger partial charge on any atom is -0.445 e. The van der Waals surface area contributed by atoms with Crippen LogP contribution < -0.4 is 16.0 Å². The zero-order valence-electron chi connectivity index (χ0n) is 23.4. The first kappa shape index (κ1) is 27.6. The van der Waals surface area contributed by atoms with Crippen molar-refractivity contribution >= 4 is 23.6 Å². The van der Waals surface area contributed by atoms with Crippen molar-refractivity contribution < 1.29 is 14.3 Å². The lowest BCUT2D eigenvalue weighted by molar-refractivity contribution is 0.102. The zero-order valence-corrected chi connectivity index (χ0v) is 23.4. The van der Waals surface area contributed by atoms with Crippen molar-refractivity contribution in [3.63, 3.8) is 0 Å². The smallest absolute Gasteiger partial charge is 0.407 e. The Labute approximate surface area is 236 Å². The molecule has 2 fully saturated rings. The van der Waals surface area contributed by atoms with E-state index in [1.807, 2.05) is 61.5 Å². The van der Waals surface area contributed by atoms with E-state index < -0.39 is 6.09 Å². The normalized spacial score (nSPS) is 15.2. The highest BCUT2D eigenvalue weighted by Gasteiger charge is 2.28. The van der Waals surface area contributed by atoms with Crippen molar-refractivity contribution in [3.8, 4) is 0 Å². The number of carbonyl (C=O) groups is 2. The molecule has 8 nitrogen and oxygen atoms in total. The molecule has 1 aromatic carbocycles. The largest absolute Gasteiger partial charge is 0.445 e.